The SMILES string of the molecule is CCOC(=O)c1cc(NCc2ncc(C)s2)ccc1N. The Balaban J connectivity index is 2.08. The molecule has 0 aliphatic heterocycles. The van der Waals surface area contributed by atoms with Gasteiger partial charge in [-0.25, -0.2) is 9.78 Å². The number of hydrogen-bond donors (Lipinski definition) is 2. The largest absolute Gasteiger partial charge is 0.462 e. The van der Waals surface area contributed by atoms with Crippen molar-refractivity contribution >= 4 is 28.7 Å². The molecule has 1 aromatic carbocycles. The van der Waals surface area contributed by atoms with Crippen molar-refractivity contribution in [3.63, 3.8) is 0 Å². The minimum Gasteiger partial charge on any atom is -0.462 e. The summed E-state index contributed by atoms with van der Waals surface area (Å²) < 4.78 is 4.97. The smallest absolute Gasteiger partial charge is 0.340 e. The number of nitrogen functional groups attached to an aromatic ring is 1. The summed E-state index contributed by atoms with van der Waals surface area (Å²) in [6.45, 7) is 4.73. The topological polar surface area (TPSA) is 77.2 Å². The van der Waals surface area contributed by atoms with Crippen molar-refractivity contribution < 1.29 is 9.53 Å². The van der Waals surface area contributed by atoms with Crippen molar-refractivity contribution in [3.8, 4) is 0 Å². The van der Waals surface area contributed by atoms with E-state index in [0.717, 1.165) is 10.7 Å². The number of benzene rings is 1. The Bertz CT molecular complexity index is 610. The second-order valence-electron chi connectivity index (χ2n) is 4.24. The fraction of sp³-hybridized carbons (Fsp3) is 0.286. The molecule has 0 unspecified atom stereocenters. The summed E-state index contributed by atoms with van der Waals surface area (Å²) in [5, 5.41) is 4.22. The maximum atomic E-state index is 11.8. The summed E-state index contributed by atoms with van der Waals surface area (Å²) in [7, 11) is 0. The average molecular weight is 291 g/mol. The Kier molecular flexibility index (Phi) is 4.57. The molecule has 20 heavy (non-hydrogen) atoms. The number of nitrogens with two attached hydrogens (primary N) is 1. The quantitative estimate of drug-likeness (QED) is 0.654. The van der Waals surface area contributed by atoms with E-state index in [2.05, 4.69) is 10.3 Å². The van der Waals surface area contributed by atoms with E-state index < -0.39 is 5.97 Å². The van der Waals surface area contributed by atoms with Gasteiger partial charge in [0.05, 0.1) is 18.7 Å². The van der Waals surface area contributed by atoms with Crippen LogP contribution in [0.4, 0.5) is 11.4 Å². The third kappa shape index (κ3) is 3.48. The number of carbonyl (C=O) groups excluding carboxylic acids is 1. The number of thiazole rings is 1. The van der Waals surface area contributed by atoms with Crippen molar-refractivity contribution in [1.82, 2.24) is 4.98 Å². The Morgan fingerprint density at radius 1 is 1.50 bits per heavy atom. The van der Waals surface area contributed by atoms with E-state index in [1.165, 1.54) is 4.88 Å². The first-order chi connectivity index (χ1) is 9.60. The highest BCUT2D eigenvalue weighted by Crippen LogP contribution is 2.20. The second-order valence-corrected chi connectivity index (χ2v) is 5.56. The number of carbonyl (C=O) groups is 1. The first-order valence-corrected chi connectivity index (χ1v) is 7.13. The van der Waals surface area contributed by atoms with E-state index in [1.807, 2.05) is 19.2 Å². The Hall–Kier alpha value is -2.08. The van der Waals surface area contributed by atoms with Crippen molar-refractivity contribution in [1.29, 1.82) is 0 Å². The monoisotopic (exact) mass is 291 g/mol. The molecule has 2 rings (SSSR count). The van der Waals surface area contributed by atoms with Gasteiger partial charge in [0.1, 0.15) is 5.01 Å². The molecular formula is C14H17N3O2S. The molecule has 0 radical (unpaired) electrons. The zero-order chi connectivity index (χ0) is 14.5. The lowest BCUT2D eigenvalue weighted by molar-refractivity contribution is 0.0527. The van der Waals surface area contributed by atoms with E-state index in [-0.39, 0.29) is 0 Å². The normalized spacial score (nSPS) is 10.3. The van der Waals surface area contributed by atoms with E-state index in [9.17, 15) is 4.79 Å². The number of hydrogen-bond acceptors (Lipinski definition) is 6. The van der Waals surface area contributed by atoms with Crippen LogP contribution in [0.5, 0.6) is 0 Å². The fourth-order valence-electron chi connectivity index (χ4n) is 1.71. The molecule has 0 saturated heterocycles. The van der Waals surface area contributed by atoms with Crippen molar-refractivity contribution in [2.75, 3.05) is 17.7 Å². The van der Waals surface area contributed by atoms with Crippen LogP contribution < -0.4 is 11.1 Å². The molecule has 0 aliphatic carbocycles. The number of esters is 1. The highest BCUT2D eigenvalue weighted by atomic mass is 32.1. The van der Waals surface area contributed by atoms with Gasteiger partial charge in [0.2, 0.25) is 0 Å². The van der Waals surface area contributed by atoms with E-state index in [1.54, 1.807) is 30.4 Å². The Morgan fingerprint density at radius 2 is 2.30 bits per heavy atom. The van der Waals surface area contributed by atoms with Crippen LogP contribution in [-0.2, 0) is 11.3 Å². The van der Waals surface area contributed by atoms with Crippen LogP contribution in [0.15, 0.2) is 24.4 Å². The van der Waals surface area contributed by atoms with Crippen molar-refractivity contribution in [3.05, 3.63) is 39.8 Å². The fourth-order valence-corrected chi connectivity index (χ4v) is 2.44. The van der Waals surface area contributed by atoms with Gasteiger partial charge in [-0.3, -0.25) is 0 Å². The number of nitrogens with one attached hydrogen (secondary N) is 1. The number of rotatable bonds is 5. The lowest BCUT2D eigenvalue weighted by Crippen LogP contribution is -2.09. The molecular weight excluding hydrogens is 274 g/mol. The van der Waals surface area contributed by atoms with Gasteiger partial charge in [-0.1, -0.05) is 0 Å². The minimum atomic E-state index is -0.404. The van der Waals surface area contributed by atoms with E-state index in [0.29, 0.717) is 24.4 Å². The lowest BCUT2D eigenvalue weighted by atomic mass is 10.1. The van der Waals surface area contributed by atoms with Gasteiger partial charge in [-0.05, 0) is 32.0 Å². The summed E-state index contributed by atoms with van der Waals surface area (Å²) in [4.78, 5) is 17.2. The summed E-state index contributed by atoms with van der Waals surface area (Å²) in [5.41, 5.74) is 7.40. The Labute approximate surface area is 121 Å². The summed E-state index contributed by atoms with van der Waals surface area (Å²) in [5.74, 6) is -0.404. The van der Waals surface area contributed by atoms with Crippen LogP contribution in [0.3, 0.4) is 0 Å². The molecule has 106 valence electrons. The predicted molar refractivity (Wildman–Crippen MR) is 81.0 cm³/mol. The summed E-state index contributed by atoms with van der Waals surface area (Å²) in [6, 6.07) is 5.23. The Morgan fingerprint density at radius 3 is 2.95 bits per heavy atom. The van der Waals surface area contributed by atoms with Crippen molar-refractivity contribution in [2.45, 2.75) is 20.4 Å². The van der Waals surface area contributed by atoms with E-state index >= 15 is 0 Å². The van der Waals surface area contributed by atoms with Crippen LogP contribution in [0, 0.1) is 6.92 Å². The maximum absolute atomic E-state index is 11.8. The molecule has 0 amide bonds. The van der Waals surface area contributed by atoms with Crippen LogP contribution in [-0.4, -0.2) is 17.6 Å². The van der Waals surface area contributed by atoms with Gasteiger partial charge in [0, 0.05) is 22.4 Å². The highest BCUT2D eigenvalue weighted by Gasteiger charge is 2.11. The van der Waals surface area contributed by atoms with Gasteiger partial charge in [-0.15, -0.1) is 11.3 Å². The van der Waals surface area contributed by atoms with E-state index in [4.69, 9.17) is 10.5 Å². The maximum Gasteiger partial charge on any atom is 0.340 e. The number of nitrogens with zero attached hydrogens (tertiary/aromatic N) is 1. The molecule has 3 N–H and O–H groups in total. The molecule has 0 saturated carbocycles. The van der Waals surface area contributed by atoms with Gasteiger partial charge in [-0.2, -0.15) is 0 Å². The zero-order valence-electron chi connectivity index (χ0n) is 11.5. The molecule has 0 atom stereocenters. The molecule has 0 bridgehead atoms. The average Bonchev–Trinajstić information content (AvgIpc) is 2.84. The summed E-state index contributed by atoms with van der Waals surface area (Å²) >= 11 is 1.64. The number of anilines is 2. The molecule has 0 spiro atoms. The van der Waals surface area contributed by atoms with Crippen molar-refractivity contribution in [2.24, 2.45) is 0 Å². The zero-order valence-corrected chi connectivity index (χ0v) is 12.3. The number of ether oxygens (including phenoxy) is 1. The number of aryl methyl sites for hydroxylation is 1. The van der Waals surface area contributed by atoms with Gasteiger partial charge in [0.15, 0.2) is 0 Å². The van der Waals surface area contributed by atoms with Gasteiger partial charge in [0.25, 0.3) is 0 Å². The molecule has 1 aromatic heterocycles. The second kappa shape index (κ2) is 6.38. The first-order valence-electron chi connectivity index (χ1n) is 6.32. The third-order valence-electron chi connectivity index (χ3n) is 2.66. The van der Waals surface area contributed by atoms with Crippen LogP contribution in [0.2, 0.25) is 0 Å². The molecule has 6 heteroatoms. The summed E-state index contributed by atoms with van der Waals surface area (Å²) in [6.07, 6.45) is 1.84. The van der Waals surface area contributed by atoms with Gasteiger partial charge >= 0.3 is 5.97 Å². The van der Waals surface area contributed by atoms with Crippen LogP contribution in [0.25, 0.3) is 0 Å². The molecule has 0 fully saturated rings. The predicted octanol–water partition coefficient (Wildman–Crippen LogP) is 2.82. The molecule has 0 aliphatic rings. The molecule has 1 heterocycles. The number of aromatic nitrogens is 1. The highest BCUT2D eigenvalue weighted by molar-refractivity contribution is 7.11. The first kappa shape index (κ1) is 14.3. The molecule has 2 aromatic rings. The minimum absolute atomic E-state index is 0.328. The third-order valence-corrected chi connectivity index (χ3v) is 3.57. The molecule has 5 nitrogen and oxygen atoms in total. The van der Waals surface area contributed by atoms with Crippen LogP contribution in [0.1, 0.15) is 27.2 Å². The lowest BCUT2D eigenvalue weighted by Gasteiger charge is -2.09. The van der Waals surface area contributed by atoms with Gasteiger partial charge < -0.3 is 15.8 Å². The standard InChI is InChI=1S/C14H17N3O2S/c1-3-19-14(18)11-6-10(4-5-12(11)15)16-8-13-17-7-9(2)20-13/h4-7,16H,3,8,15H2,1-2H3. The van der Waals surface area contributed by atoms with Crippen LogP contribution >= 0.6 is 11.3 Å².